The van der Waals surface area contributed by atoms with Crippen molar-refractivity contribution in [3.8, 4) is 0 Å². The summed E-state index contributed by atoms with van der Waals surface area (Å²) in [6.45, 7) is 2.45. The van der Waals surface area contributed by atoms with Crippen molar-refractivity contribution in [1.82, 2.24) is 0 Å². The Labute approximate surface area is 234 Å². The number of rotatable bonds is 5. The lowest BCUT2D eigenvalue weighted by molar-refractivity contribution is -0.343. The standard InChI is InChI=1S/C38H58/c1-2-3-4-5-18-38-35-27-16-12-23-8-6-21-10-14-25-19-26-15-11-22-7-9-24-13-17-28(20-27)36(38)32(24)30(22)34(26)37(38)33(25)29(21)31(23)35/h21-37H,2-20H2,1H3. The topological polar surface area (TPSA) is 0 Å². The maximum absolute atomic E-state index is 2.45. The molecule has 0 amide bonds. The van der Waals surface area contributed by atoms with Gasteiger partial charge in [-0.15, -0.1) is 0 Å². The van der Waals surface area contributed by atoms with Crippen LogP contribution in [-0.4, -0.2) is 0 Å². The van der Waals surface area contributed by atoms with Gasteiger partial charge >= 0.3 is 0 Å². The molecule has 38 heavy (non-hydrogen) atoms. The van der Waals surface area contributed by atoms with E-state index in [0.29, 0.717) is 0 Å². The van der Waals surface area contributed by atoms with Gasteiger partial charge in [-0.1, -0.05) is 32.6 Å². The Morgan fingerprint density at radius 3 is 1.29 bits per heavy atom. The minimum Gasteiger partial charge on any atom is -0.0654 e. The molecule has 10 aliphatic carbocycles. The third-order valence-corrected chi connectivity index (χ3v) is 17.7. The Kier molecular flexibility index (Phi) is 5.15. The molecule has 0 aromatic heterocycles. The van der Waals surface area contributed by atoms with E-state index in [9.17, 15) is 0 Å². The molecule has 16 atom stereocenters. The third kappa shape index (κ3) is 2.73. The van der Waals surface area contributed by atoms with E-state index < -0.39 is 0 Å². The number of hydrogen-bond acceptors (Lipinski definition) is 0. The highest BCUT2D eigenvalue weighted by molar-refractivity contribution is 5.25. The molecule has 0 nitrogen and oxygen atoms in total. The van der Waals surface area contributed by atoms with Crippen LogP contribution in [0.3, 0.4) is 0 Å². The summed E-state index contributed by atoms with van der Waals surface area (Å²) in [6, 6.07) is 0. The highest BCUT2D eigenvalue weighted by Gasteiger charge is 2.78. The van der Waals surface area contributed by atoms with Crippen molar-refractivity contribution in [2.75, 3.05) is 0 Å². The second-order valence-electron chi connectivity index (χ2n) is 18.0. The first-order valence-corrected chi connectivity index (χ1v) is 18.8. The lowest BCUT2D eigenvalue weighted by Gasteiger charge is -2.82. The van der Waals surface area contributed by atoms with Crippen molar-refractivity contribution in [3.63, 3.8) is 0 Å². The van der Waals surface area contributed by atoms with Crippen LogP contribution in [0.1, 0.15) is 129 Å². The lowest BCUT2D eigenvalue weighted by atomic mass is 9.23. The second kappa shape index (κ2) is 8.30. The molecule has 0 aliphatic heterocycles. The Balaban J connectivity index is 1.21. The summed E-state index contributed by atoms with van der Waals surface area (Å²) in [5.74, 6) is 20.0. The smallest absolute Gasteiger partial charge is 0.0196 e. The number of unbranched alkanes of at least 4 members (excludes halogenated alkanes) is 3. The van der Waals surface area contributed by atoms with Gasteiger partial charge in [-0.3, -0.25) is 0 Å². The summed E-state index contributed by atoms with van der Waals surface area (Å²) in [5.41, 5.74) is 0.811. The van der Waals surface area contributed by atoms with E-state index in [1.807, 2.05) is 0 Å². The average molecular weight is 515 g/mol. The Morgan fingerprint density at radius 2 is 0.789 bits per heavy atom. The molecule has 0 heteroatoms. The summed E-state index contributed by atoms with van der Waals surface area (Å²) in [6.07, 6.45) is 31.1. The monoisotopic (exact) mass is 514 g/mol. The van der Waals surface area contributed by atoms with Crippen molar-refractivity contribution >= 4 is 0 Å². The van der Waals surface area contributed by atoms with Gasteiger partial charge in [0.2, 0.25) is 0 Å². The summed E-state index contributed by atoms with van der Waals surface area (Å²) in [4.78, 5) is 0. The van der Waals surface area contributed by atoms with Crippen LogP contribution >= 0.6 is 0 Å². The SMILES string of the molecule is CCCCCCC12C3C4CCC5CCC6CCC7CC8CCC9CCC%10CCC(C4)C1C%10C9C8C2C7C6C53. The van der Waals surface area contributed by atoms with Crippen LogP contribution in [0.5, 0.6) is 0 Å². The van der Waals surface area contributed by atoms with Crippen LogP contribution in [0.15, 0.2) is 0 Å². The molecule has 10 fully saturated rings. The summed E-state index contributed by atoms with van der Waals surface area (Å²) in [5, 5.41) is 0. The van der Waals surface area contributed by atoms with E-state index in [0.717, 1.165) is 52.8 Å². The van der Waals surface area contributed by atoms with Gasteiger partial charge in [-0.2, -0.15) is 0 Å². The van der Waals surface area contributed by atoms with Crippen LogP contribution in [0.4, 0.5) is 0 Å². The fourth-order valence-electron chi connectivity index (χ4n) is 17.7. The molecule has 0 aromatic rings. The van der Waals surface area contributed by atoms with Crippen molar-refractivity contribution in [2.24, 2.45) is 106 Å². The first-order valence-electron chi connectivity index (χ1n) is 18.8. The zero-order valence-electron chi connectivity index (χ0n) is 24.7. The minimum absolute atomic E-state index is 0.811. The molecule has 0 heterocycles. The molecule has 0 aromatic carbocycles. The maximum atomic E-state index is 2.45. The van der Waals surface area contributed by atoms with Crippen molar-refractivity contribution in [2.45, 2.75) is 129 Å². The minimum atomic E-state index is 0.811. The van der Waals surface area contributed by atoms with Gasteiger partial charge in [0.1, 0.15) is 0 Å². The van der Waals surface area contributed by atoms with E-state index in [4.69, 9.17) is 0 Å². The van der Waals surface area contributed by atoms with Crippen LogP contribution in [0, 0.1) is 106 Å². The molecule has 210 valence electrons. The molecule has 0 N–H and O–H groups in total. The van der Waals surface area contributed by atoms with Crippen molar-refractivity contribution < 1.29 is 0 Å². The normalized spacial score (nSPS) is 63.9. The van der Waals surface area contributed by atoms with Gasteiger partial charge in [0.15, 0.2) is 0 Å². The Hall–Kier alpha value is 0. The second-order valence-corrected chi connectivity index (χ2v) is 18.0. The Morgan fingerprint density at radius 1 is 0.395 bits per heavy atom. The molecule has 10 rings (SSSR count). The van der Waals surface area contributed by atoms with Gasteiger partial charge in [-0.25, -0.2) is 0 Å². The quantitative estimate of drug-likeness (QED) is 0.320. The third-order valence-electron chi connectivity index (χ3n) is 17.7. The Bertz CT molecular complexity index is 884. The molecule has 0 saturated heterocycles. The molecular weight excluding hydrogens is 456 g/mol. The first kappa shape index (κ1) is 23.6. The van der Waals surface area contributed by atoms with E-state index in [1.54, 1.807) is 109 Å². The van der Waals surface area contributed by atoms with Gasteiger partial charge in [0.05, 0.1) is 0 Å². The van der Waals surface area contributed by atoms with Crippen LogP contribution in [0.25, 0.3) is 0 Å². The van der Waals surface area contributed by atoms with Crippen LogP contribution < -0.4 is 0 Å². The lowest BCUT2D eigenvalue weighted by Crippen LogP contribution is -2.77. The highest BCUT2D eigenvalue weighted by atomic mass is 14.8. The van der Waals surface area contributed by atoms with E-state index >= 15 is 0 Å². The summed E-state index contributed by atoms with van der Waals surface area (Å²) < 4.78 is 0. The van der Waals surface area contributed by atoms with Gasteiger partial charge in [0, 0.05) is 0 Å². The highest BCUT2D eigenvalue weighted by Crippen LogP contribution is 2.83. The molecule has 10 aliphatic rings. The zero-order valence-corrected chi connectivity index (χ0v) is 24.7. The van der Waals surface area contributed by atoms with Crippen LogP contribution in [0.2, 0.25) is 0 Å². The van der Waals surface area contributed by atoms with E-state index in [1.165, 1.54) is 66.1 Å². The zero-order chi connectivity index (χ0) is 24.7. The average Bonchev–Trinajstić information content (AvgIpc) is 2.96. The van der Waals surface area contributed by atoms with E-state index in [-0.39, 0.29) is 0 Å². The fraction of sp³-hybridized carbons (Fsp3) is 1.00. The number of hydrogen-bond donors (Lipinski definition) is 0. The summed E-state index contributed by atoms with van der Waals surface area (Å²) >= 11 is 0. The van der Waals surface area contributed by atoms with Gasteiger partial charge in [0.25, 0.3) is 0 Å². The molecule has 10 saturated carbocycles. The first-order chi connectivity index (χ1) is 18.8. The molecule has 0 bridgehead atoms. The van der Waals surface area contributed by atoms with E-state index in [2.05, 4.69) is 6.92 Å². The predicted octanol–water partition coefficient (Wildman–Crippen LogP) is 10.0. The predicted molar refractivity (Wildman–Crippen MR) is 155 cm³/mol. The van der Waals surface area contributed by atoms with Crippen LogP contribution in [-0.2, 0) is 0 Å². The van der Waals surface area contributed by atoms with Gasteiger partial charge in [-0.05, 0) is 202 Å². The molecular formula is C38H58. The van der Waals surface area contributed by atoms with Crippen molar-refractivity contribution in [1.29, 1.82) is 0 Å². The molecule has 16 unspecified atom stereocenters. The molecule has 0 spiro atoms. The van der Waals surface area contributed by atoms with Crippen molar-refractivity contribution in [3.05, 3.63) is 0 Å². The maximum Gasteiger partial charge on any atom is -0.0196 e. The fourth-order valence-corrected chi connectivity index (χ4v) is 17.7. The largest absolute Gasteiger partial charge is 0.0654 e. The summed E-state index contributed by atoms with van der Waals surface area (Å²) in [7, 11) is 0. The van der Waals surface area contributed by atoms with Gasteiger partial charge < -0.3 is 0 Å². The molecule has 0 radical (unpaired) electrons.